The summed E-state index contributed by atoms with van der Waals surface area (Å²) in [6.07, 6.45) is -3.35. The summed E-state index contributed by atoms with van der Waals surface area (Å²) in [5.74, 6) is -1.68. The van der Waals surface area contributed by atoms with Crippen molar-refractivity contribution in [3.63, 3.8) is 0 Å². The number of methoxy groups -OCH3 is 2. The molecule has 18 heavy (non-hydrogen) atoms. The van der Waals surface area contributed by atoms with Crippen LogP contribution in [0.15, 0.2) is 18.2 Å². The van der Waals surface area contributed by atoms with E-state index in [1.807, 2.05) is 0 Å². The average molecular weight is 255 g/mol. The second kappa shape index (κ2) is 6.08. The first-order valence-electron chi connectivity index (χ1n) is 5.00. The minimum Gasteiger partial charge on any atom is -0.467 e. The van der Waals surface area contributed by atoms with Gasteiger partial charge in [-0.15, -0.1) is 0 Å². The standard InChI is InChI=1S/C11H13NO6/c1-17-10(15)7-5-3-4-6(12-7)8(13)9(14)11(16)18-2/h3-5,8-9,13-14H,1-2H3. The van der Waals surface area contributed by atoms with Gasteiger partial charge in [0.15, 0.2) is 6.10 Å². The van der Waals surface area contributed by atoms with Crippen molar-refractivity contribution in [3.8, 4) is 0 Å². The molecule has 0 spiro atoms. The van der Waals surface area contributed by atoms with Gasteiger partial charge in [0.25, 0.3) is 0 Å². The topological polar surface area (TPSA) is 106 Å². The molecule has 0 aliphatic carbocycles. The van der Waals surface area contributed by atoms with Gasteiger partial charge in [-0.25, -0.2) is 14.6 Å². The van der Waals surface area contributed by atoms with Crippen molar-refractivity contribution in [2.45, 2.75) is 12.2 Å². The maximum Gasteiger partial charge on any atom is 0.356 e. The number of ether oxygens (including phenoxy) is 2. The van der Waals surface area contributed by atoms with Gasteiger partial charge in [0.2, 0.25) is 0 Å². The Kier molecular flexibility index (Phi) is 4.75. The fraction of sp³-hybridized carbons (Fsp3) is 0.364. The Morgan fingerprint density at radius 1 is 1.22 bits per heavy atom. The number of carbonyl (C=O) groups excluding carboxylic acids is 2. The van der Waals surface area contributed by atoms with E-state index in [4.69, 9.17) is 0 Å². The largest absolute Gasteiger partial charge is 0.467 e. The van der Waals surface area contributed by atoms with E-state index < -0.39 is 24.1 Å². The normalized spacial score (nSPS) is 13.6. The highest BCUT2D eigenvalue weighted by atomic mass is 16.5. The Bertz CT molecular complexity index is 447. The highest BCUT2D eigenvalue weighted by Crippen LogP contribution is 2.16. The number of pyridine rings is 1. The highest BCUT2D eigenvalue weighted by molar-refractivity contribution is 5.87. The second-order valence-corrected chi connectivity index (χ2v) is 3.35. The third-order valence-electron chi connectivity index (χ3n) is 2.21. The van der Waals surface area contributed by atoms with Crippen molar-refractivity contribution in [1.29, 1.82) is 0 Å². The third kappa shape index (κ3) is 3.02. The zero-order valence-electron chi connectivity index (χ0n) is 9.86. The lowest BCUT2D eigenvalue weighted by Gasteiger charge is -2.15. The first-order chi connectivity index (χ1) is 8.51. The van der Waals surface area contributed by atoms with Crippen LogP contribution in [-0.2, 0) is 14.3 Å². The molecule has 2 unspecified atom stereocenters. The molecule has 2 atom stereocenters. The zero-order chi connectivity index (χ0) is 13.7. The van der Waals surface area contributed by atoms with Crippen molar-refractivity contribution in [3.05, 3.63) is 29.6 Å². The van der Waals surface area contributed by atoms with Crippen LogP contribution in [0.4, 0.5) is 0 Å². The number of rotatable bonds is 4. The molecule has 0 aliphatic heterocycles. The molecule has 98 valence electrons. The van der Waals surface area contributed by atoms with Crippen LogP contribution in [0.3, 0.4) is 0 Å². The van der Waals surface area contributed by atoms with Crippen LogP contribution in [0.5, 0.6) is 0 Å². The second-order valence-electron chi connectivity index (χ2n) is 3.35. The SMILES string of the molecule is COC(=O)c1cccc(C(O)C(O)C(=O)OC)n1. The predicted octanol–water partition coefficient (Wildman–Crippen LogP) is -0.565. The molecule has 7 heteroatoms. The predicted molar refractivity (Wildman–Crippen MR) is 58.6 cm³/mol. The maximum absolute atomic E-state index is 11.2. The molecule has 0 aliphatic rings. The van der Waals surface area contributed by atoms with E-state index in [1.165, 1.54) is 25.3 Å². The molecule has 0 aromatic carbocycles. The van der Waals surface area contributed by atoms with Crippen LogP contribution in [0.2, 0.25) is 0 Å². The van der Waals surface area contributed by atoms with E-state index in [1.54, 1.807) is 0 Å². The molecule has 0 fully saturated rings. The molecule has 0 saturated heterocycles. The van der Waals surface area contributed by atoms with Gasteiger partial charge in [-0.2, -0.15) is 0 Å². The molecule has 0 saturated carbocycles. The molecule has 1 aromatic heterocycles. The van der Waals surface area contributed by atoms with E-state index in [0.29, 0.717) is 0 Å². The molecule has 1 aromatic rings. The minimum atomic E-state index is -1.77. The van der Waals surface area contributed by atoms with Gasteiger partial charge in [-0.3, -0.25) is 0 Å². The lowest BCUT2D eigenvalue weighted by atomic mass is 10.1. The fourth-order valence-corrected chi connectivity index (χ4v) is 1.25. The third-order valence-corrected chi connectivity index (χ3v) is 2.21. The molecule has 0 amide bonds. The molecule has 1 heterocycles. The Morgan fingerprint density at radius 3 is 2.44 bits per heavy atom. The highest BCUT2D eigenvalue weighted by Gasteiger charge is 2.28. The molecule has 7 nitrogen and oxygen atoms in total. The van der Waals surface area contributed by atoms with Crippen molar-refractivity contribution < 1.29 is 29.3 Å². The van der Waals surface area contributed by atoms with Gasteiger partial charge in [0, 0.05) is 0 Å². The van der Waals surface area contributed by atoms with Gasteiger partial charge in [0.1, 0.15) is 11.8 Å². The van der Waals surface area contributed by atoms with Crippen molar-refractivity contribution >= 4 is 11.9 Å². The molecular weight excluding hydrogens is 242 g/mol. The summed E-state index contributed by atoms with van der Waals surface area (Å²) >= 11 is 0. The number of esters is 2. The number of aliphatic hydroxyl groups is 2. The van der Waals surface area contributed by atoms with Crippen LogP contribution >= 0.6 is 0 Å². The Morgan fingerprint density at radius 2 is 1.89 bits per heavy atom. The monoisotopic (exact) mass is 255 g/mol. The summed E-state index contributed by atoms with van der Waals surface area (Å²) in [6, 6.07) is 4.19. The fourth-order valence-electron chi connectivity index (χ4n) is 1.25. The van der Waals surface area contributed by atoms with Crippen LogP contribution < -0.4 is 0 Å². The van der Waals surface area contributed by atoms with E-state index in [2.05, 4.69) is 14.5 Å². The van der Waals surface area contributed by atoms with Gasteiger partial charge in [-0.05, 0) is 12.1 Å². The first-order valence-corrected chi connectivity index (χ1v) is 5.00. The van der Waals surface area contributed by atoms with E-state index in [-0.39, 0.29) is 11.4 Å². The minimum absolute atomic E-state index is 0.0317. The summed E-state index contributed by atoms with van der Waals surface area (Å²) in [4.78, 5) is 26.1. The Hall–Kier alpha value is -1.99. The maximum atomic E-state index is 11.2. The van der Waals surface area contributed by atoms with Gasteiger partial charge in [-0.1, -0.05) is 6.07 Å². The number of aliphatic hydroxyl groups excluding tert-OH is 2. The Balaban J connectivity index is 2.96. The van der Waals surface area contributed by atoms with Crippen LogP contribution in [0.25, 0.3) is 0 Å². The van der Waals surface area contributed by atoms with Crippen molar-refractivity contribution in [2.75, 3.05) is 14.2 Å². The van der Waals surface area contributed by atoms with Crippen molar-refractivity contribution in [1.82, 2.24) is 4.98 Å². The number of hydrogen-bond donors (Lipinski definition) is 2. The van der Waals surface area contributed by atoms with E-state index >= 15 is 0 Å². The number of nitrogens with zero attached hydrogens (tertiary/aromatic N) is 1. The number of aromatic nitrogens is 1. The van der Waals surface area contributed by atoms with Crippen LogP contribution in [0.1, 0.15) is 22.3 Å². The summed E-state index contributed by atoms with van der Waals surface area (Å²) in [5, 5.41) is 19.1. The summed E-state index contributed by atoms with van der Waals surface area (Å²) in [6.45, 7) is 0. The average Bonchev–Trinajstić information content (AvgIpc) is 2.43. The van der Waals surface area contributed by atoms with Gasteiger partial charge < -0.3 is 19.7 Å². The summed E-state index contributed by atoms with van der Waals surface area (Å²) in [5.41, 5.74) is -0.0677. The smallest absolute Gasteiger partial charge is 0.356 e. The summed E-state index contributed by atoms with van der Waals surface area (Å²) in [7, 11) is 2.27. The van der Waals surface area contributed by atoms with Gasteiger partial charge >= 0.3 is 11.9 Å². The van der Waals surface area contributed by atoms with Gasteiger partial charge in [0.05, 0.1) is 19.9 Å². The molecule has 1 rings (SSSR count). The van der Waals surface area contributed by atoms with E-state index in [0.717, 1.165) is 7.11 Å². The lowest BCUT2D eigenvalue weighted by Crippen LogP contribution is -2.29. The molecular formula is C11H13NO6. The van der Waals surface area contributed by atoms with E-state index in [9.17, 15) is 19.8 Å². The zero-order valence-corrected chi connectivity index (χ0v) is 9.86. The number of carbonyl (C=O) groups is 2. The molecule has 0 bridgehead atoms. The first kappa shape index (κ1) is 14.1. The van der Waals surface area contributed by atoms with Crippen LogP contribution in [0, 0.1) is 0 Å². The van der Waals surface area contributed by atoms with Crippen molar-refractivity contribution in [2.24, 2.45) is 0 Å². The number of hydrogen-bond acceptors (Lipinski definition) is 7. The molecule has 2 N–H and O–H groups in total. The molecule has 0 radical (unpaired) electrons. The quantitative estimate of drug-likeness (QED) is 0.694. The summed E-state index contributed by atoms with van der Waals surface area (Å²) < 4.78 is 8.75. The van der Waals surface area contributed by atoms with Crippen LogP contribution in [-0.4, -0.2) is 47.5 Å². The Labute approximate surface area is 103 Å². The lowest BCUT2D eigenvalue weighted by molar-refractivity contribution is -0.157.